The fourth-order valence-electron chi connectivity index (χ4n) is 2.96. The summed E-state index contributed by atoms with van der Waals surface area (Å²) in [6, 6.07) is 2.36. The second-order valence-electron chi connectivity index (χ2n) is 5.93. The molecule has 1 aromatic carbocycles. The normalized spacial score (nSPS) is 32.6. The number of hydrogen-bond donors (Lipinski definition) is 1. The molecule has 0 saturated carbocycles. The van der Waals surface area contributed by atoms with Crippen molar-refractivity contribution in [2.45, 2.75) is 23.0 Å². The van der Waals surface area contributed by atoms with Gasteiger partial charge < -0.3 is 9.84 Å². The average Bonchev–Trinajstić information content (AvgIpc) is 2.56. The fourth-order valence-corrected chi connectivity index (χ4v) is 6.17. The van der Waals surface area contributed by atoms with Gasteiger partial charge in [-0.15, -0.1) is 0 Å². The first-order valence-corrected chi connectivity index (χ1v) is 9.29. The van der Waals surface area contributed by atoms with Crippen LogP contribution in [0, 0.1) is 17.6 Å². The first kappa shape index (κ1) is 18.4. The van der Waals surface area contributed by atoms with Crippen molar-refractivity contribution in [2.24, 2.45) is 5.92 Å². The Bertz CT molecular complexity index is 888. The molecule has 3 unspecified atom stereocenters. The van der Waals surface area contributed by atoms with E-state index in [0.29, 0.717) is 6.07 Å². The van der Waals surface area contributed by atoms with Crippen molar-refractivity contribution < 1.29 is 35.8 Å². The zero-order chi connectivity index (χ0) is 18.8. The van der Waals surface area contributed by atoms with E-state index in [4.69, 9.17) is 4.74 Å². The maximum Gasteiger partial charge on any atom is 0.374 e. The van der Waals surface area contributed by atoms with Crippen molar-refractivity contribution in [1.82, 2.24) is 0 Å². The third-order valence-corrected chi connectivity index (χ3v) is 7.41. The zero-order valence-electron chi connectivity index (χ0n) is 12.5. The summed E-state index contributed by atoms with van der Waals surface area (Å²) in [4.78, 5) is 0. The number of hydrogen-bond acceptors (Lipinski definition) is 4. The summed E-state index contributed by atoms with van der Waals surface area (Å²) < 4.78 is 84.0. The standard InChI is InChI=1S/C15H11BrF4O4S/c1-14(21)12-11(25(22,23)15(14,19)20)3-2-10(13(12)16)24-9-5-7(17)4-8(18)6-9/h2-6,11-12,21H,1H3. The van der Waals surface area contributed by atoms with Gasteiger partial charge in [0.15, 0.2) is 0 Å². The van der Waals surface area contributed by atoms with Gasteiger partial charge in [-0.25, -0.2) is 17.2 Å². The van der Waals surface area contributed by atoms with Crippen molar-refractivity contribution in [3.05, 3.63) is 52.2 Å². The van der Waals surface area contributed by atoms with E-state index in [-0.39, 0.29) is 16.0 Å². The van der Waals surface area contributed by atoms with Gasteiger partial charge in [-0.3, -0.25) is 0 Å². The van der Waals surface area contributed by atoms with Crippen LogP contribution in [0.4, 0.5) is 17.6 Å². The number of fused-ring (bicyclic) bond motifs is 1. The van der Waals surface area contributed by atoms with Crippen LogP contribution in [0.5, 0.6) is 5.75 Å². The number of rotatable bonds is 2. The molecule has 1 fully saturated rings. The van der Waals surface area contributed by atoms with Crippen LogP contribution < -0.4 is 4.74 Å². The summed E-state index contributed by atoms with van der Waals surface area (Å²) in [5, 5.41) is 4.15. The number of sulfone groups is 1. The van der Waals surface area contributed by atoms with Crippen LogP contribution in [-0.4, -0.2) is 29.6 Å². The van der Waals surface area contributed by atoms with E-state index in [2.05, 4.69) is 15.9 Å². The summed E-state index contributed by atoms with van der Waals surface area (Å²) in [5.74, 6) is -3.75. The molecule has 10 heteroatoms. The minimum absolute atomic E-state index is 0.139. The highest BCUT2D eigenvalue weighted by Gasteiger charge is 2.74. The van der Waals surface area contributed by atoms with Gasteiger partial charge in [-0.1, -0.05) is 22.0 Å². The Morgan fingerprint density at radius 3 is 2.32 bits per heavy atom. The van der Waals surface area contributed by atoms with Gasteiger partial charge >= 0.3 is 5.25 Å². The molecular weight excluding hydrogens is 432 g/mol. The number of halogens is 5. The summed E-state index contributed by atoms with van der Waals surface area (Å²) >= 11 is 2.99. The van der Waals surface area contributed by atoms with Crippen molar-refractivity contribution >= 4 is 25.8 Å². The van der Waals surface area contributed by atoms with Gasteiger partial charge in [0.25, 0.3) is 0 Å². The summed E-state index contributed by atoms with van der Waals surface area (Å²) in [5.41, 5.74) is -2.90. The number of benzene rings is 1. The summed E-state index contributed by atoms with van der Waals surface area (Å²) in [7, 11) is -4.99. The average molecular weight is 443 g/mol. The minimum atomic E-state index is -4.99. The van der Waals surface area contributed by atoms with E-state index in [1.54, 1.807) is 0 Å². The number of alkyl halides is 2. The van der Waals surface area contributed by atoms with Gasteiger partial charge in [-0.05, 0) is 13.0 Å². The lowest BCUT2D eigenvalue weighted by Crippen LogP contribution is -2.48. The molecule has 0 bridgehead atoms. The molecule has 0 radical (unpaired) electrons. The molecule has 3 rings (SSSR count). The molecule has 1 heterocycles. The number of allylic oxidation sites excluding steroid dienone is 1. The maximum absolute atomic E-state index is 14.2. The largest absolute Gasteiger partial charge is 0.456 e. The molecule has 0 amide bonds. The third kappa shape index (κ3) is 2.53. The molecule has 1 aliphatic carbocycles. The van der Waals surface area contributed by atoms with Crippen LogP contribution in [0.15, 0.2) is 40.6 Å². The maximum atomic E-state index is 14.2. The van der Waals surface area contributed by atoms with Crippen LogP contribution in [0.3, 0.4) is 0 Å². The highest BCUT2D eigenvalue weighted by molar-refractivity contribution is 9.11. The molecule has 0 aromatic heterocycles. The lowest BCUT2D eigenvalue weighted by Gasteiger charge is -2.31. The van der Waals surface area contributed by atoms with E-state index < -0.39 is 43.5 Å². The molecule has 1 aromatic rings. The fraction of sp³-hybridized carbons (Fsp3) is 0.333. The van der Waals surface area contributed by atoms with Crippen molar-refractivity contribution in [1.29, 1.82) is 0 Å². The highest BCUT2D eigenvalue weighted by Crippen LogP contribution is 2.56. The van der Waals surface area contributed by atoms with Gasteiger partial charge in [-0.2, -0.15) is 8.78 Å². The molecule has 2 aliphatic rings. The Labute approximate surface area is 148 Å². The lowest BCUT2D eigenvalue weighted by atomic mass is 9.84. The van der Waals surface area contributed by atoms with Crippen LogP contribution in [0.25, 0.3) is 0 Å². The van der Waals surface area contributed by atoms with Crippen molar-refractivity contribution in [2.75, 3.05) is 0 Å². The smallest absolute Gasteiger partial charge is 0.374 e. The number of ether oxygens (including phenoxy) is 1. The van der Waals surface area contributed by atoms with E-state index in [9.17, 15) is 31.1 Å². The third-order valence-electron chi connectivity index (χ3n) is 4.25. The van der Waals surface area contributed by atoms with Crippen LogP contribution in [0.2, 0.25) is 0 Å². The van der Waals surface area contributed by atoms with Crippen LogP contribution in [0.1, 0.15) is 6.92 Å². The van der Waals surface area contributed by atoms with Gasteiger partial charge in [0.1, 0.15) is 28.7 Å². The lowest BCUT2D eigenvalue weighted by molar-refractivity contribution is -0.123. The molecule has 25 heavy (non-hydrogen) atoms. The predicted octanol–water partition coefficient (Wildman–Crippen LogP) is 3.28. The molecule has 136 valence electrons. The SMILES string of the molecule is CC1(O)C2C(Br)=C(Oc3cc(F)cc(F)c3)C=CC2S(=O)(=O)C1(F)F. The predicted molar refractivity (Wildman–Crippen MR) is 83.8 cm³/mol. The van der Waals surface area contributed by atoms with E-state index >= 15 is 0 Å². The van der Waals surface area contributed by atoms with Crippen LogP contribution >= 0.6 is 15.9 Å². The highest BCUT2D eigenvalue weighted by atomic mass is 79.9. The Kier molecular flexibility index (Phi) is 4.09. The number of aliphatic hydroxyl groups is 1. The molecular formula is C15H11BrF4O4S. The Hall–Kier alpha value is -1.39. The van der Waals surface area contributed by atoms with Gasteiger partial charge in [0, 0.05) is 22.7 Å². The van der Waals surface area contributed by atoms with E-state index in [1.807, 2.05) is 0 Å². The quantitative estimate of drug-likeness (QED) is 0.713. The molecule has 1 N–H and O–H groups in total. The van der Waals surface area contributed by atoms with Gasteiger partial charge in [0.05, 0.1) is 11.2 Å². The zero-order valence-corrected chi connectivity index (χ0v) is 14.9. The van der Waals surface area contributed by atoms with Crippen molar-refractivity contribution in [3.63, 3.8) is 0 Å². The van der Waals surface area contributed by atoms with Crippen molar-refractivity contribution in [3.8, 4) is 5.75 Å². The summed E-state index contributed by atoms with van der Waals surface area (Å²) in [6.45, 7) is 0.717. The molecule has 0 spiro atoms. The topological polar surface area (TPSA) is 63.6 Å². The minimum Gasteiger partial charge on any atom is -0.456 e. The second-order valence-corrected chi connectivity index (χ2v) is 8.93. The second kappa shape index (κ2) is 5.55. The van der Waals surface area contributed by atoms with Gasteiger partial charge in [0.2, 0.25) is 9.84 Å². The Morgan fingerprint density at radius 1 is 1.20 bits per heavy atom. The molecule has 4 nitrogen and oxygen atoms in total. The summed E-state index contributed by atoms with van der Waals surface area (Å²) in [6.07, 6.45) is 2.06. The molecule has 1 aliphatic heterocycles. The first-order chi connectivity index (χ1) is 11.4. The Morgan fingerprint density at radius 2 is 1.76 bits per heavy atom. The van der Waals surface area contributed by atoms with Crippen LogP contribution in [-0.2, 0) is 9.84 Å². The van der Waals surface area contributed by atoms with E-state index in [1.165, 1.54) is 0 Å². The first-order valence-electron chi connectivity index (χ1n) is 6.95. The molecule has 3 atom stereocenters. The van der Waals surface area contributed by atoms with E-state index in [0.717, 1.165) is 31.2 Å². The molecule has 1 saturated heterocycles. The monoisotopic (exact) mass is 442 g/mol. The Balaban J connectivity index is 2.05.